The predicted molar refractivity (Wildman–Crippen MR) is 81.5 cm³/mol. The zero-order valence-electron chi connectivity index (χ0n) is 12.3. The molecule has 0 bridgehead atoms. The second kappa shape index (κ2) is 12.3. The van der Waals surface area contributed by atoms with Crippen molar-refractivity contribution in [2.45, 2.75) is 45.6 Å². The minimum absolute atomic E-state index is 0.284. The quantitative estimate of drug-likeness (QED) is 0.536. The van der Waals surface area contributed by atoms with Crippen molar-refractivity contribution in [2.24, 2.45) is 0 Å². The molecule has 0 radical (unpaired) electrons. The van der Waals surface area contributed by atoms with E-state index in [0.29, 0.717) is 6.54 Å². The van der Waals surface area contributed by atoms with E-state index in [4.69, 9.17) is 0 Å². The molecular weight excluding hydrogens is 262 g/mol. The standard InChI is InChI=1S/C13H27N3O2S/c1-4-14-13(18)16-12(17)11(2)15-9-7-5-6-8-10-19-3/h11,15H,4-10H2,1-3H3,(H2,14,16,17,18). The SMILES string of the molecule is CCNC(=O)NC(=O)C(C)NCCCCCCSC. The van der Waals surface area contributed by atoms with Gasteiger partial charge in [-0.2, -0.15) is 11.8 Å². The molecule has 0 aromatic rings. The molecule has 5 nitrogen and oxygen atoms in total. The topological polar surface area (TPSA) is 70.2 Å². The summed E-state index contributed by atoms with van der Waals surface area (Å²) in [4.78, 5) is 22.8. The lowest BCUT2D eigenvalue weighted by molar-refractivity contribution is -0.121. The minimum atomic E-state index is -0.432. The minimum Gasteiger partial charge on any atom is -0.338 e. The Labute approximate surface area is 120 Å². The molecule has 6 heteroatoms. The molecule has 0 aliphatic carbocycles. The van der Waals surface area contributed by atoms with Gasteiger partial charge in [0.2, 0.25) is 5.91 Å². The second-order valence-electron chi connectivity index (χ2n) is 4.43. The van der Waals surface area contributed by atoms with Crippen molar-refractivity contribution in [3.63, 3.8) is 0 Å². The number of hydrogen-bond donors (Lipinski definition) is 3. The summed E-state index contributed by atoms with van der Waals surface area (Å²) < 4.78 is 0. The molecule has 0 spiro atoms. The number of unbranched alkanes of at least 4 members (excludes halogenated alkanes) is 3. The van der Waals surface area contributed by atoms with Crippen LogP contribution in [-0.4, -0.2) is 43.1 Å². The van der Waals surface area contributed by atoms with E-state index in [9.17, 15) is 9.59 Å². The Balaban J connectivity index is 3.54. The lowest BCUT2D eigenvalue weighted by Crippen LogP contribution is -2.48. The van der Waals surface area contributed by atoms with Gasteiger partial charge in [-0.15, -0.1) is 0 Å². The number of thioether (sulfide) groups is 1. The number of carbonyl (C=O) groups is 2. The fourth-order valence-corrected chi connectivity index (χ4v) is 2.05. The molecule has 19 heavy (non-hydrogen) atoms. The highest BCUT2D eigenvalue weighted by molar-refractivity contribution is 7.98. The van der Waals surface area contributed by atoms with Gasteiger partial charge in [0.1, 0.15) is 0 Å². The Kier molecular flexibility index (Phi) is 11.8. The first-order chi connectivity index (χ1) is 9.11. The average molecular weight is 289 g/mol. The van der Waals surface area contributed by atoms with E-state index < -0.39 is 6.03 Å². The van der Waals surface area contributed by atoms with Gasteiger partial charge in [0.25, 0.3) is 0 Å². The van der Waals surface area contributed by atoms with Crippen LogP contribution < -0.4 is 16.0 Å². The largest absolute Gasteiger partial charge is 0.338 e. The number of urea groups is 1. The van der Waals surface area contributed by atoms with Crippen molar-refractivity contribution in [1.29, 1.82) is 0 Å². The van der Waals surface area contributed by atoms with E-state index in [1.54, 1.807) is 6.92 Å². The normalized spacial score (nSPS) is 11.9. The van der Waals surface area contributed by atoms with E-state index >= 15 is 0 Å². The Morgan fingerprint density at radius 3 is 2.47 bits per heavy atom. The van der Waals surface area contributed by atoms with E-state index in [1.165, 1.54) is 25.0 Å². The molecule has 0 aromatic carbocycles. The molecule has 3 amide bonds. The predicted octanol–water partition coefficient (Wildman–Crippen LogP) is 1.73. The van der Waals surface area contributed by atoms with Crippen molar-refractivity contribution in [1.82, 2.24) is 16.0 Å². The highest BCUT2D eigenvalue weighted by atomic mass is 32.2. The zero-order chi connectivity index (χ0) is 14.5. The van der Waals surface area contributed by atoms with Gasteiger partial charge in [-0.1, -0.05) is 12.8 Å². The summed E-state index contributed by atoms with van der Waals surface area (Å²) in [6.07, 6.45) is 6.86. The highest BCUT2D eigenvalue weighted by Crippen LogP contribution is 2.03. The van der Waals surface area contributed by atoms with E-state index in [-0.39, 0.29) is 11.9 Å². The summed E-state index contributed by atoms with van der Waals surface area (Å²) in [5.74, 6) is 0.937. The first-order valence-electron chi connectivity index (χ1n) is 6.92. The summed E-state index contributed by atoms with van der Waals surface area (Å²) >= 11 is 1.88. The maximum atomic E-state index is 11.6. The molecule has 0 fully saturated rings. The van der Waals surface area contributed by atoms with Crippen LogP contribution in [0.4, 0.5) is 4.79 Å². The Morgan fingerprint density at radius 1 is 1.16 bits per heavy atom. The van der Waals surface area contributed by atoms with E-state index in [1.807, 2.05) is 18.7 Å². The number of nitrogens with one attached hydrogen (secondary N) is 3. The summed E-state index contributed by atoms with van der Waals surface area (Å²) in [5, 5.41) is 7.95. The van der Waals surface area contributed by atoms with Crippen LogP contribution in [0.5, 0.6) is 0 Å². The molecule has 0 aromatic heterocycles. The first-order valence-corrected chi connectivity index (χ1v) is 8.32. The van der Waals surface area contributed by atoms with Gasteiger partial charge in [-0.3, -0.25) is 10.1 Å². The van der Waals surface area contributed by atoms with Gasteiger partial charge in [0.05, 0.1) is 6.04 Å². The van der Waals surface area contributed by atoms with Crippen LogP contribution in [0.1, 0.15) is 39.5 Å². The van der Waals surface area contributed by atoms with Gasteiger partial charge < -0.3 is 10.6 Å². The maximum Gasteiger partial charge on any atom is 0.321 e. The van der Waals surface area contributed by atoms with Crippen LogP contribution in [-0.2, 0) is 4.79 Å². The van der Waals surface area contributed by atoms with Crippen LogP contribution in [0.3, 0.4) is 0 Å². The number of carbonyl (C=O) groups excluding carboxylic acids is 2. The van der Waals surface area contributed by atoms with Crippen molar-refractivity contribution in [2.75, 3.05) is 25.1 Å². The molecular formula is C13H27N3O2S. The first kappa shape index (κ1) is 18.2. The van der Waals surface area contributed by atoms with Crippen LogP contribution in [0.15, 0.2) is 0 Å². The van der Waals surface area contributed by atoms with Crippen molar-refractivity contribution in [3.05, 3.63) is 0 Å². The van der Waals surface area contributed by atoms with Crippen molar-refractivity contribution in [3.8, 4) is 0 Å². The molecule has 112 valence electrons. The van der Waals surface area contributed by atoms with Crippen LogP contribution in [0.25, 0.3) is 0 Å². The Bertz CT molecular complexity index is 262. The fraction of sp³-hybridized carbons (Fsp3) is 0.846. The third-order valence-corrected chi connectivity index (χ3v) is 3.39. The summed E-state index contributed by atoms with van der Waals surface area (Å²) in [5.41, 5.74) is 0. The number of hydrogen-bond acceptors (Lipinski definition) is 4. The second-order valence-corrected chi connectivity index (χ2v) is 5.42. The molecule has 0 heterocycles. The molecule has 1 unspecified atom stereocenters. The van der Waals surface area contributed by atoms with Gasteiger partial charge in [-0.25, -0.2) is 4.79 Å². The number of amides is 3. The molecule has 0 aliphatic heterocycles. The maximum absolute atomic E-state index is 11.6. The van der Waals surface area contributed by atoms with Gasteiger partial charge in [0, 0.05) is 6.54 Å². The third kappa shape index (κ3) is 10.8. The molecule has 0 saturated heterocycles. The van der Waals surface area contributed by atoms with Crippen LogP contribution >= 0.6 is 11.8 Å². The van der Waals surface area contributed by atoms with Crippen molar-refractivity contribution >= 4 is 23.7 Å². The van der Waals surface area contributed by atoms with E-state index in [0.717, 1.165) is 13.0 Å². The highest BCUT2D eigenvalue weighted by Gasteiger charge is 2.14. The lowest BCUT2D eigenvalue weighted by Gasteiger charge is -2.13. The Morgan fingerprint density at radius 2 is 1.84 bits per heavy atom. The summed E-state index contributed by atoms with van der Waals surface area (Å²) in [6.45, 7) is 4.89. The van der Waals surface area contributed by atoms with Gasteiger partial charge >= 0.3 is 6.03 Å². The Hall–Kier alpha value is -0.750. The smallest absolute Gasteiger partial charge is 0.321 e. The molecule has 1 atom stereocenters. The monoisotopic (exact) mass is 289 g/mol. The number of rotatable bonds is 10. The summed E-state index contributed by atoms with van der Waals surface area (Å²) in [7, 11) is 0. The van der Waals surface area contributed by atoms with Crippen molar-refractivity contribution < 1.29 is 9.59 Å². The third-order valence-electron chi connectivity index (χ3n) is 2.69. The molecule has 0 saturated carbocycles. The molecule has 0 aliphatic rings. The van der Waals surface area contributed by atoms with Gasteiger partial charge in [-0.05, 0) is 45.2 Å². The van der Waals surface area contributed by atoms with E-state index in [2.05, 4.69) is 22.2 Å². The molecule has 0 rings (SSSR count). The average Bonchev–Trinajstić information content (AvgIpc) is 2.37. The lowest BCUT2D eigenvalue weighted by atomic mass is 10.2. The van der Waals surface area contributed by atoms with Crippen LogP contribution in [0.2, 0.25) is 0 Å². The summed E-state index contributed by atoms with van der Waals surface area (Å²) in [6, 6.07) is -0.771. The fourth-order valence-electron chi connectivity index (χ4n) is 1.56. The number of imide groups is 1. The molecule has 3 N–H and O–H groups in total. The van der Waals surface area contributed by atoms with Crippen LogP contribution in [0, 0.1) is 0 Å². The van der Waals surface area contributed by atoms with Gasteiger partial charge in [0.15, 0.2) is 0 Å². The zero-order valence-corrected chi connectivity index (χ0v) is 13.1.